The van der Waals surface area contributed by atoms with Gasteiger partial charge in [0.25, 0.3) is 0 Å². The summed E-state index contributed by atoms with van der Waals surface area (Å²) in [5.74, 6) is 1.86. The number of allylic oxidation sites excluding steroid dienone is 2. The molecule has 4 heteroatoms. The monoisotopic (exact) mass is 311 g/mol. The van der Waals surface area contributed by atoms with Gasteiger partial charge in [-0.1, -0.05) is 35.9 Å². The number of aryl methyl sites for hydroxylation is 1. The molecule has 2 aromatic carbocycles. The van der Waals surface area contributed by atoms with Crippen LogP contribution in [-0.4, -0.2) is 12.2 Å². The van der Waals surface area contributed by atoms with Crippen LogP contribution in [0.2, 0.25) is 0 Å². The van der Waals surface area contributed by atoms with E-state index in [-0.39, 0.29) is 12.2 Å². The second-order valence-corrected chi connectivity index (χ2v) is 5.07. The van der Waals surface area contributed by atoms with Crippen LogP contribution in [0, 0.1) is 6.92 Å². The average Bonchev–Trinajstić information content (AvgIpc) is 2.56. The van der Waals surface area contributed by atoms with E-state index in [0.717, 1.165) is 11.3 Å². The molecule has 23 heavy (non-hydrogen) atoms. The fraction of sp³-hybridized carbons (Fsp3) is 0.158. The van der Waals surface area contributed by atoms with E-state index in [4.69, 9.17) is 15.2 Å². The lowest BCUT2D eigenvalue weighted by Crippen LogP contribution is -1.99. The molecule has 0 aromatic heterocycles. The number of aliphatic hydroxyl groups excluding tert-OH is 1. The van der Waals surface area contributed by atoms with Crippen molar-refractivity contribution in [1.82, 2.24) is 0 Å². The van der Waals surface area contributed by atoms with Crippen molar-refractivity contribution in [2.45, 2.75) is 13.3 Å². The van der Waals surface area contributed by atoms with Gasteiger partial charge in [0.05, 0.1) is 7.11 Å². The Balaban J connectivity index is 2.25. The van der Waals surface area contributed by atoms with E-state index in [1.54, 1.807) is 0 Å². The molecule has 0 saturated heterocycles. The molecule has 0 bridgehead atoms. The fourth-order valence-electron chi connectivity index (χ4n) is 2.12. The zero-order valence-electron chi connectivity index (χ0n) is 13.3. The lowest BCUT2D eigenvalue weighted by molar-refractivity contribution is 0.264. The largest absolute Gasteiger partial charge is 0.508 e. The molecule has 0 aliphatic heterocycles. The van der Waals surface area contributed by atoms with Crippen molar-refractivity contribution < 1.29 is 14.6 Å². The molecule has 2 rings (SSSR count). The smallest absolute Gasteiger partial charge is 0.157 e. The summed E-state index contributed by atoms with van der Waals surface area (Å²) in [6.45, 7) is 2.03. The first-order valence-electron chi connectivity index (χ1n) is 7.31. The van der Waals surface area contributed by atoms with Crippen molar-refractivity contribution in [1.29, 1.82) is 0 Å². The molecule has 0 atom stereocenters. The van der Waals surface area contributed by atoms with Crippen LogP contribution in [0.5, 0.6) is 11.5 Å². The molecule has 0 aliphatic rings. The summed E-state index contributed by atoms with van der Waals surface area (Å²) in [4.78, 5) is 0. The second-order valence-electron chi connectivity index (χ2n) is 5.07. The SMILES string of the molecule is COC(/C=C\N)=C(\O)Cc1ccccc1Oc1ccc(C)cc1. The molecule has 0 amide bonds. The van der Waals surface area contributed by atoms with Gasteiger partial charge in [0.1, 0.15) is 17.3 Å². The molecule has 0 saturated carbocycles. The van der Waals surface area contributed by atoms with Gasteiger partial charge in [-0.15, -0.1) is 0 Å². The number of aliphatic hydroxyl groups is 1. The highest BCUT2D eigenvalue weighted by atomic mass is 16.5. The first-order chi connectivity index (χ1) is 11.1. The number of para-hydroxylation sites is 1. The van der Waals surface area contributed by atoms with Crippen LogP contribution < -0.4 is 10.5 Å². The van der Waals surface area contributed by atoms with Crippen molar-refractivity contribution in [2.75, 3.05) is 7.11 Å². The number of methoxy groups -OCH3 is 1. The average molecular weight is 311 g/mol. The standard InChI is InChI=1S/C19H21NO3/c1-14-7-9-16(10-8-14)23-18-6-4-3-5-15(18)13-17(21)19(22-2)11-12-20/h3-12,21H,13,20H2,1-2H3/b12-11-,19-17-. The highest BCUT2D eigenvalue weighted by Crippen LogP contribution is 2.27. The van der Waals surface area contributed by atoms with E-state index < -0.39 is 0 Å². The minimum atomic E-state index is 0.0918. The molecule has 3 N–H and O–H groups in total. The molecule has 4 nitrogen and oxygen atoms in total. The van der Waals surface area contributed by atoms with Crippen LogP contribution in [0.4, 0.5) is 0 Å². The Bertz CT molecular complexity index is 703. The number of rotatable bonds is 6. The molecule has 0 spiro atoms. The Morgan fingerprint density at radius 1 is 1.13 bits per heavy atom. The van der Waals surface area contributed by atoms with E-state index in [1.807, 2.05) is 55.5 Å². The summed E-state index contributed by atoms with van der Waals surface area (Å²) in [6, 6.07) is 15.4. The lowest BCUT2D eigenvalue weighted by Gasteiger charge is -2.12. The molecular formula is C19H21NO3. The predicted octanol–water partition coefficient (Wildman–Crippen LogP) is 4.22. The van der Waals surface area contributed by atoms with Crippen LogP contribution in [0.15, 0.2) is 72.3 Å². The van der Waals surface area contributed by atoms with Crippen molar-refractivity contribution in [3.63, 3.8) is 0 Å². The summed E-state index contributed by atoms with van der Waals surface area (Å²) in [6.07, 6.45) is 3.12. The van der Waals surface area contributed by atoms with Gasteiger partial charge in [-0.3, -0.25) is 0 Å². The third-order valence-corrected chi connectivity index (χ3v) is 3.33. The van der Waals surface area contributed by atoms with Crippen LogP contribution in [-0.2, 0) is 11.2 Å². The summed E-state index contributed by atoms with van der Waals surface area (Å²) >= 11 is 0. The third kappa shape index (κ3) is 4.54. The quantitative estimate of drug-likeness (QED) is 0.619. The first kappa shape index (κ1) is 16.5. The minimum absolute atomic E-state index is 0.0918. The Kier molecular flexibility index (Phi) is 5.69. The molecular weight excluding hydrogens is 290 g/mol. The molecule has 0 aliphatic carbocycles. The van der Waals surface area contributed by atoms with Crippen LogP contribution in [0.3, 0.4) is 0 Å². The van der Waals surface area contributed by atoms with Crippen molar-refractivity contribution in [2.24, 2.45) is 5.73 Å². The van der Waals surface area contributed by atoms with Gasteiger partial charge >= 0.3 is 0 Å². The molecule has 0 unspecified atom stereocenters. The van der Waals surface area contributed by atoms with Crippen LogP contribution in [0.25, 0.3) is 0 Å². The van der Waals surface area contributed by atoms with Crippen molar-refractivity contribution in [3.05, 3.63) is 83.5 Å². The maximum absolute atomic E-state index is 10.2. The minimum Gasteiger partial charge on any atom is -0.508 e. The van der Waals surface area contributed by atoms with E-state index in [1.165, 1.54) is 24.9 Å². The number of ether oxygens (including phenoxy) is 2. The second kappa shape index (κ2) is 7.94. The fourth-order valence-corrected chi connectivity index (χ4v) is 2.12. The molecule has 0 heterocycles. The zero-order chi connectivity index (χ0) is 16.7. The summed E-state index contributed by atoms with van der Waals surface area (Å²) in [5.41, 5.74) is 7.37. The molecule has 0 radical (unpaired) electrons. The number of nitrogens with two attached hydrogens (primary N) is 1. The predicted molar refractivity (Wildman–Crippen MR) is 91.4 cm³/mol. The van der Waals surface area contributed by atoms with E-state index >= 15 is 0 Å². The Morgan fingerprint density at radius 2 is 1.83 bits per heavy atom. The molecule has 0 fully saturated rings. The Labute approximate surface area is 136 Å². The number of hydrogen-bond donors (Lipinski definition) is 2. The maximum Gasteiger partial charge on any atom is 0.157 e. The third-order valence-electron chi connectivity index (χ3n) is 3.33. The molecule has 2 aromatic rings. The number of benzene rings is 2. The maximum atomic E-state index is 10.2. The van der Waals surface area contributed by atoms with E-state index in [2.05, 4.69) is 0 Å². The van der Waals surface area contributed by atoms with Gasteiger partial charge in [-0.05, 0) is 37.4 Å². The van der Waals surface area contributed by atoms with Crippen LogP contribution in [0.1, 0.15) is 11.1 Å². The van der Waals surface area contributed by atoms with E-state index in [9.17, 15) is 5.11 Å². The highest BCUT2D eigenvalue weighted by Gasteiger charge is 2.10. The first-order valence-corrected chi connectivity index (χ1v) is 7.31. The van der Waals surface area contributed by atoms with Gasteiger partial charge in [-0.2, -0.15) is 0 Å². The van der Waals surface area contributed by atoms with Gasteiger partial charge < -0.3 is 20.3 Å². The highest BCUT2D eigenvalue weighted by molar-refractivity contribution is 5.40. The van der Waals surface area contributed by atoms with Gasteiger partial charge in [0.15, 0.2) is 5.76 Å². The summed E-state index contributed by atoms with van der Waals surface area (Å²) < 4.78 is 11.0. The normalized spacial score (nSPS) is 12.1. The topological polar surface area (TPSA) is 64.7 Å². The van der Waals surface area contributed by atoms with Gasteiger partial charge in [0.2, 0.25) is 0 Å². The molecule has 120 valence electrons. The Morgan fingerprint density at radius 3 is 2.48 bits per heavy atom. The summed E-state index contributed by atoms with van der Waals surface area (Å²) in [5, 5.41) is 10.2. The lowest BCUT2D eigenvalue weighted by atomic mass is 10.1. The van der Waals surface area contributed by atoms with E-state index in [0.29, 0.717) is 11.5 Å². The van der Waals surface area contributed by atoms with Gasteiger partial charge in [-0.25, -0.2) is 0 Å². The van der Waals surface area contributed by atoms with Gasteiger partial charge in [0, 0.05) is 12.0 Å². The van der Waals surface area contributed by atoms with Crippen LogP contribution >= 0.6 is 0 Å². The zero-order valence-corrected chi connectivity index (χ0v) is 13.3. The Hall–Kier alpha value is -2.88. The number of hydrogen-bond acceptors (Lipinski definition) is 4. The van der Waals surface area contributed by atoms with Crippen molar-refractivity contribution >= 4 is 0 Å². The summed E-state index contributed by atoms with van der Waals surface area (Å²) in [7, 11) is 1.49. The van der Waals surface area contributed by atoms with Crippen molar-refractivity contribution in [3.8, 4) is 11.5 Å².